The summed E-state index contributed by atoms with van der Waals surface area (Å²) < 4.78 is 10.5. The van der Waals surface area contributed by atoms with E-state index in [-0.39, 0.29) is 6.61 Å². The van der Waals surface area contributed by atoms with Crippen LogP contribution in [0.5, 0.6) is 5.75 Å². The van der Waals surface area contributed by atoms with Gasteiger partial charge in [-0.3, -0.25) is 0 Å². The smallest absolute Gasteiger partial charge is 0.407 e. The normalized spacial score (nSPS) is 13.0. The lowest BCUT2D eigenvalue weighted by molar-refractivity contribution is 0.115. The molecular formula is C22H37NO4. The van der Waals surface area contributed by atoms with Gasteiger partial charge in [0.25, 0.3) is 0 Å². The molecule has 1 aromatic carbocycles. The monoisotopic (exact) mass is 379 g/mol. The Morgan fingerprint density at radius 1 is 1.04 bits per heavy atom. The van der Waals surface area contributed by atoms with Gasteiger partial charge in [0, 0.05) is 0 Å². The number of alkyl carbamates (subject to hydrolysis) is 1. The van der Waals surface area contributed by atoms with Gasteiger partial charge in [0.1, 0.15) is 5.75 Å². The molecule has 1 unspecified atom stereocenters. The molecule has 0 saturated heterocycles. The minimum absolute atomic E-state index is 0.102. The van der Waals surface area contributed by atoms with Gasteiger partial charge in [-0.15, -0.1) is 0 Å². The topological polar surface area (TPSA) is 67.8 Å². The molecule has 0 radical (unpaired) electrons. The van der Waals surface area contributed by atoms with Crippen LogP contribution in [0.4, 0.5) is 4.79 Å². The second kappa shape index (κ2) is 13.4. The Hall–Kier alpha value is -1.75. The number of hydrogen-bond acceptors (Lipinski definition) is 4. The zero-order valence-electron chi connectivity index (χ0n) is 17.3. The zero-order chi connectivity index (χ0) is 20.0. The van der Waals surface area contributed by atoms with E-state index >= 15 is 0 Å². The number of benzene rings is 1. The molecule has 0 heterocycles. The van der Waals surface area contributed by atoms with Crippen molar-refractivity contribution in [2.75, 3.05) is 20.3 Å². The SMILES string of the molecule is CCCCCCCOc1ccc(CCC(CO)(CCC)NC(=O)OC)cc1. The molecule has 1 aromatic rings. The van der Waals surface area contributed by atoms with E-state index in [4.69, 9.17) is 9.47 Å². The molecule has 154 valence electrons. The van der Waals surface area contributed by atoms with Crippen molar-refractivity contribution < 1.29 is 19.4 Å². The summed E-state index contributed by atoms with van der Waals surface area (Å²) in [5.74, 6) is 0.893. The van der Waals surface area contributed by atoms with Gasteiger partial charge in [0.05, 0.1) is 25.9 Å². The third-order valence-electron chi connectivity index (χ3n) is 4.92. The van der Waals surface area contributed by atoms with Crippen molar-refractivity contribution in [3.05, 3.63) is 29.8 Å². The van der Waals surface area contributed by atoms with Crippen LogP contribution >= 0.6 is 0 Å². The summed E-state index contributed by atoms with van der Waals surface area (Å²) in [7, 11) is 1.34. The number of methoxy groups -OCH3 is 1. The fourth-order valence-electron chi connectivity index (χ4n) is 3.23. The van der Waals surface area contributed by atoms with Crippen LogP contribution in [-0.4, -0.2) is 37.1 Å². The minimum Gasteiger partial charge on any atom is -0.494 e. The van der Waals surface area contributed by atoms with Gasteiger partial charge >= 0.3 is 6.09 Å². The first-order valence-electron chi connectivity index (χ1n) is 10.3. The highest BCUT2D eigenvalue weighted by Crippen LogP contribution is 2.22. The molecule has 5 heteroatoms. The summed E-state index contributed by atoms with van der Waals surface area (Å²) >= 11 is 0. The number of aliphatic hydroxyl groups excluding tert-OH is 1. The van der Waals surface area contributed by atoms with E-state index < -0.39 is 11.6 Å². The molecule has 1 rings (SSSR count). The van der Waals surface area contributed by atoms with Crippen LogP contribution in [0.1, 0.15) is 70.8 Å². The van der Waals surface area contributed by atoms with E-state index in [1.807, 2.05) is 19.1 Å². The third kappa shape index (κ3) is 9.14. The lowest BCUT2D eigenvalue weighted by atomic mass is 9.87. The summed E-state index contributed by atoms with van der Waals surface area (Å²) in [6.07, 6.45) is 8.65. The molecule has 0 fully saturated rings. The first-order valence-corrected chi connectivity index (χ1v) is 10.3. The number of nitrogens with one attached hydrogen (secondary N) is 1. The predicted octanol–water partition coefficient (Wildman–Crippen LogP) is 4.86. The van der Waals surface area contributed by atoms with Crippen molar-refractivity contribution in [2.24, 2.45) is 0 Å². The lowest BCUT2D eigenvalue weighted by Crippen LogP contribution is -2.51. The quantitative estimate of drug-likeness (QED) is 0.453. The molecule has 2 N–H and O–H groups in total. The van der Waals surface area contributed by atoms with E-state index in [0.717, 1.165) is 37.2 Å². The van der Waals surface area contributed by atoms with E-state index in [1.54, 1.807) is 0 Å². The molecule has 0 bridgehead atoms. The highest BCUT2D eigenvalue weighted by atomic mass is 16.5. The van der Waals surface area contributed by atoms with Gasteiger partial charge in [-0.2, -0.15) is 0 Å². The van der Waals surface area contributed by atoms with E-state index in [2.05, 4.69) is 24.4 Å². The van der Waals surface area contributed by atoms with Crippen LogP contribution in [0.3, 0.4) is 0 Å². The molecule has 0 spiro atoms. The lowest BCUT2D eigenvalue weighted by Gasteiger charge is -2.32. The molecule has 5 nitrogen and oxygen atoms in total. The predicted molar refractivity (Wildman–Crippen MR) is 109 cm³/mol. The second-order valence-corrected chi connectivity index (χ2v) is 7.21. The molecule has 0 saturated carbocycles. The number of rotatable bonds is 14. The van der Waals surface area contributed by atoms with Crippen LogP contribution in [-0.2, 0) is 11.2 Å². The average Bonchev–Trinajstić information content (AvgIpc) is 2.69. The first kappa shape index (κ1) is 23.3. The first-order chi connectivity index (χ1) is 13.1. The van der Waals surface area contributed by atoms with Crippen molar-refractivity contribution >= 4 is 6.09 Å². The van der Waals surface area contributed by atoms with Gasteiger partial charge in [-0.05, 0) is 43.4 Å². The number of carbonyl (C=O) groups excluding carboxylic acids is 1. The number of aryl methyl sites for hydroxylation is 1. The van der Waals surface area contributed by atoms with Crippen LogP contribution in [0.2, 0.25) is 0 Å². The van der Waals surface area contributed by atoms with Gasteiger partial charge in [0.15, 0.2) is 0 Å². The van der Waals surface area contributed by atoms with Gasteiger partial charge in [-0.1, -0.05) is 58.1 Å². The summed E-state index contributed by atoms with van der Waals surface area (Å²) in [5, 5.41) is 12.7. The van der Waals surface area contributed by atoms with Crippen molar-refractivity contribution in [1.29, 1.82) is 0 Å². The zero-order valence-corrected chi connectivity index (χ0v) is 17.3. The number of ether oxygens (including phenoxy) is 2. The van der Waals surface area contributed by atoms with Crippen molar-refractivity contribution in [3.8, 4) is 5.75 Å². The summed E-state index contributed by atoms with van der Waals surface area (Å²) in [5.41, 5.74) is 0.515. The maximum Gasteiger partial charge on any atom is 0.407 e. The van der Waals surface area contributed by atoms with Crippen molar-refractivity contribution in [1.82, 2.24) is 5.32 Å². The van der Waals surface area contributed by atoms with E-state index in [9.17, 15) is 9.90 Å². The van der Waals surface area contributed by atoms with Crippen molar-refractivity contribution in [2.45, 2.75) is 77.2 Å². The Balaban J connectivity index is 2.49. The molecule has 0 aliphatic carbocycles. The molecule has 27 heavy (non-hydrogen) atoms. The maximum atomic E-state index is 11.6. The van der Waals surface area contributed by atoms with Crippen LogP contribution < -0.4 is 10.1 Å². The second-order valence-electron chi connectivity index (χ2n) is 7.21. The van der Waals surface area contributed by atoms with Gasteiger partial charge in [-0.25, -0.2) is 4.79 Å². The van der Waals surface area contributed by atoms with E-state index in [0.29, 0.717) is 12.8 Å². The van der Waals surface area contributed by atoms with Gasteiger partial charge in [0.2, 0.25) is 0 Å². The molecular weight excluding hydrogens is 342 g/mol. The Kier molecular flexibility index (Phi) is 11.6. The Bertz CT molecular complexity index is 518. The third-order valence-corrected chi connectivity index (χ3v) is 4.92. The fourth-order valence-corrected chi connectivity index (χ4v) is 3.23. The van der Waals surface area contributed by atoms with E-state index in [1.165, 1.54) is 32.8 Å². The van der Waals surface area contributed by atoms with Crippen LogP contribution in [0.15, 0.2) is 24.3 Å². The highest BCUT2D eigenvalue weighted by Gasteiger charge is 2.30. The van der Waals surface area contributed by atoms with Gasteiger partial charge < -0.3 is 19.9 Å². The van der Waals surface area contributed by atoms with Crippen molar-refractivity contribution in [3.63, 3.8) is 0 Å². The summed E-state index contributed by atoms with van der Waals surface area (Å²) in [6, 6.07) is 8.10. The standard InChI is InChI=1S/C22H37NO4/c1-4-6-7-8-9-17-27-20-12-10-19(11-13-20)14-16-22(18-24,15-5-2)23-21(25)26-3/h10-13,24H,4-9,14-18H2,1-3H3,(H,23,25). The number of aliphatic hydroxyl groups is 1. The fraction of sp³-hybridized carbons (Fsp3) is 0.682. The number of unbranched alkanes of at least 4 members (excludes halogenated alkanes) is 4. The molecule has 0 aliphatic rings. The number of hydrogen-bond donors (Lipinski definition) is 2. The minimum atomic E-state index is -0.643. The molecule has 0 aliphatic heterocycles. The highest BCUT2D eigenvalue weighted by molar-refractivity contribution is 5.68. The number of amides is 1. The maximum absolute atomic E-state index is 11.6. The largest absolute Gasteiger partial charge is 0.494 e. The Morgan fingerprint density at radius 3 is 2.33 bits per heavy atom. The Labute approximate surface area is 164 Å². The number of carbonyl (C=O) groups is 1. The van der Waals surface area contributed by atoms with Crippen LogP contribution in [0, 0.1) is 0 Å². The Morgan fingerprint density at radius 2 is 1.74 bits per heavy atom. The average molecular weight is 380 g/mol. The summed E-state index contributed by atoms with van der Waals surface area (Å²) in [4.78, 5) is 11.6. The molecule has 1 atom stereocenters. The summed E-state index contributed by atoms with van der Waals surface area (Å²) in [6.45, 7) is 4.92. The van der Waals surface area contributed by atoms with Crippen LogP contribution in [0.25, 0.3) is 0 Å². The molecule has 0 aromatic heterocycles. The molecule has 1 amide bonds.